The van der Waals surface area contributed by atoms with E-state index in [0.29, 0.717) is 12.4 Å². The van der Waals surface area contributed by atoms with E-state index in [9.17, 15) is 4.79 Å². The third kappa shape index (κ3) is 3.75. The molecule has 5 nitrogen and oxygen atoms in total. The Balaban J connectivity index is 2.32. The minimum Gasteiger partial charge on any atom is -0.445 e. The summed E-state index contributed by atoms with van der Waals surface area (Å²) in [5.41, 5.74) is 0. The van der Waals surface area contributed by atoms with Crippen LogP contribution in [0.3, 0.4) is 0 Å². The predicted molar refractivity (Wildman–Crippen MR) is 59.4 cm³/mol. The molecule has 0 fully saturated rings. The summed E-state index contributed by atoms with van der Waals surface area (Å²) in [6.07, 6.45) is 6.67. The Hall–Kier alpha value is -1.80. The van der Waals surface area contributed by atoms with Gasteiger partial charge in [-0.15, -0.1) is 6.42 Å². The number of hydrogen-bond acceptors (Lipinski definition) is 4. The number of oxazole rings is 1. The monoisotopic (exact) mass is 221 g/mol. The fourth-order valence-corrected chi connectivity index (χ4v) is 1.11. The molecule has 0 saturated heterocycles. The molecule has 0 aromatic carbocycles. The molecule has 86 valence electrons. The highest BCUT2D eigenvalue weighted by Crippen LogP contribution is 2.00. The van der Waals surface area contributed by atoms with E-state index in [1.165, 1.54) is 0 Å². The van der Waals surface area contributed by atoms with Gasteiger partial charge in [-0.3, -0.25) is 10.1 Å². The number of aromatic nitrogens is 1. The van der Waals surface area contributed by atoms with Gasteiger partial charge in [0.1, 0.15) is 5.76 Å². The van der Waals surface area contributed by atoms with Crippen LogP contribution in [0.2, 0.25) is 0 Å². The molecular weight excluding hydrogens is 206 g/mol. The fraction of sp³-hybridized carbons (Fsp3) is 0.455. The molecule has 0 aliphatic rings. The van der Waals surface area contributed by atoms with Crippen molar-refractivity contribution in [1.82, 2.24) is 15.6 Å². The lowest BCUT2D eigenvalue weighted by atomic mass is 10.3. The van der Waals surface area contributed by atoms with Crippen molar-refractivity contribution in [2.45, 2.75) is 26.4 Å². The summed E-state index contributed by atoms with van der Waals surface area (Å²) in [4.78, 5) is 15.4. The number of aryl methyl sites for hydroxylation is 1. The number of terminal acetylenes is 1. The molecule has 1 atom stereocenters. The zero-order chi connectivity index (χ0) is 12.0. The zero-order valence-corrected chi connectivity index (χ0v) is 9.41. The summed E-state index contributed by atoms with van der Waals surface area (Å²) >= 11 is 0. The minimum absolute atomic E-state index is 0.138. The molecule has 5 heteroatoms. The largest absolute Gasteiger partial charge is 0.445 e. The van der Waals surface area contributed by atoms with Gasteiger partial charge in [0.25, 0.3) is 0 Å². The van der Waals surface area contributed by atoms with Crippen molar-refractivity contribution in [3.63, 3.8) is 0 Å². The van der Waals surface area contributed by atoms with Crippen molar-refractivity contribution in [3.05, 3.63) is 17.8 Å². The smallest absolute Gasteiger partial charge is 0.237 e. The molecule has 0 spiro atoms. The molecule has 0 aliphatic heterocycles. The Kier molecular flexibility index (Phi) is 4.55. The topological polar surface area (TPSA) is 67.2 Å². The maximum absolute atomic E-state index is 11.4. The number of nitrogens with zero attached hydrogens (tertiary/aromatic N) is 1. The van der Waals surface area contributed by atoms with Crippen molar-refractivity contribution in [2.75, 3.05) is 6.54 Å². The van der Waals surface area contributed by atoms with Gasteiger partial charge in [-0.2, -0.15) is 0 Å². The van der Waals surface area contributed by atoms with Gasteiger partial charge in [0.05, 0.1) is 25.3 Å². The highest BCUT2D eigenvalue weighted by molar-refractivity contribution is 5.81. The number of carbonyl (C=O) groups excluding carboxylic acids is 1. The van der Waals surface area contributed by atoms with E-state index in [1.54, 1.807) is 13.1 Å². The molecule has 16 heavy (non-hydrogen) atoms. The average Bonchev–Trinajstić information content (AvgIpc) is 2.68. The maximum atomic E-state index is 11.4. The third-order valence-corrected chi connectivity index (χ3v) is 1.99. The fourth-order valence-electron chi connectivity index (χ4n) is 1.11. The van der Waals surface area contributed by atoms with Crippen LogP contribution in [-0.2, 0) is 11.3 Å². The van der Waals surface area contributed by atoms with Crippen LogP contribution < -0.4 is 10.6 Å². The number of carbonyl (C=O) groups is 1. The molecule has 1 unspecified atom stereocenters. The van der Waals surface area contributed by atoms with Crippen LogP contribution in [0.4, 0.5) is 0 Å². The SMILES string of the molecule is C#CCNC(=O)C(C)NCc1ncc(C)o1. The first-order valence-corrected chi connectivity index (χ1v) is 4.99. The highest BCUT2D eigenvalue weighted by atomic mass is 16.4. The Morgan fingerprint density at radius 2 is 2.50 bits per heavy atom. The van der Waals surface area contributed by atoms with Crippen LogP contribution in [0.15, 0.2) is 10.6 Å². The van der Waals surface area contributed by atoms with E-state index in [2.05, 4.69) is 21.5 Å². The van der Waals surface area contributed by atoms with E-state index in [0.717, 1.165) is 5.76 Å². The predicted octanol–water partition coefficient (Wildman–Crippen LogP) is 0.211. The Bertz CT molecular complexity index is 392. The van der Waals surface area contributed by atoms with Gasteiger partial charge < -0.3 is 9.73 Å². The minimum atomic E-state index is -0.333. The van der Waals surface area contributed by atoms with Gasteiger partial charge in [-0.05, 0) is 13.8 Å². The molecule has 0 aliphatic carbocycles. The molecular formula is C11H15N3O2. The van der Waals surface area contributed by atoms with E-state index >= 15 is 0 Å². The van der Waals surface area contributed by atoms with Crippen LogP contribution in [0.25, 0.3) is 0 Å². The summed E-state index contributed by atoms with van der Waals surface area (Å²) in [6, 6.07) is -0.333. The standard InChI is InChI=1S/C11H15N3O2/c1-4-5-12-11(15)9(3)13-7-10-14-6-8(2)16-10/h1,6,9,13H,5,7H2,2-3H3,(H,12,15). The molecule has 0 bridgehead atoms. The molecule has 0 saturated carbocycles. The second-order valence-electron chi connectivity index (χ2n) is 3.39. The molecule has 1 aromatic rings. The Labute approximate surface area is 94.6 Å². The van der Waals surface area contributed by atoms with E-state index < -0.39 is 0 Å². The van der Waals surface area contributed by atoms with Gasteiger partial charge in [0.2, 0.25) is 11.8 Å². The van der Waals surface area contributed by atoms with Crippen molar-refractivity contribution in [3.8, 4) is 12.3 Å². The molecule has 1 amide bonds. The number of rotatable bonds is 5. The first kappa shape index (κ1) is 12.3. The van der Waals surface area contributed by atoms with Crippen molar-refractivity contribution >= 4 is 5.91 Å². The van der Waals surface area contributed by atoms with Crippen molar-refractivity contribution in [1.29, 1.82) is 0 Å². The highest BCUT2D eigenvalue weighted by Gasteiger charge is 2.12. The molecule has 0 radical (unpaired) electrons. The van der Waals surface area contributed by atoms with Gasteiger partial charge in [-0.25, -0.2) is 4.98 Å². The molecule has 1 aromatic heterocycles. The van der Waals surface area contributed by atoms with E-state index in [4.69, 9.17) is 10.8 Å². The second kappa shape index (κ2) is 5.93. The number of amides is 1. The lowest BCUT2D eigenvalue weighted by Crippen LogP contribution is -2.41. The summed E-state index contributed by atoms with van der Waals surface area (Å²) < 4.78 is 5.26. The summed E-state index contributed by atoms with van der Waals surface area (Å²) in [5, 5.41) is 5.57. The van der Waals surface area contributed by atoms with Crippen LogP contribution in [-0.4, -0.2) is 23.5 Å². The summed E-state index contributed by atoms with van der Waals surface area (Å²) in [5.74, 6) is 3.52. The van der Waals surface area contributed by atoms with Crippen LogP contribution >= 0.6 is 0 Å². The summed E-state index contributed by atoms with van der Waals surface area (Å²) in [7, 11) is 0. The Morgan fingerprint density at radius 1 is 1.75 bits per heavy atom. The maximum Gasteiger partial charge on any atom is 0.237 e. The first-order chi connectivity index (χ1) is 7.63. The van der Waals surface area contributed by atoms with Crippen LogP contribution in [0.1, 0.15) is 18.6 Å². The lowest BCUT2D eigenvalue weighted by Gasteiger charge is -2.11. The second-order valence-corrected chi connectivity index (χ2v) is 3.39. The average molecular weight is 221 g/mol. The first-order valence-electron chi connectivity index (χ1n) is 4.99. The molecule has 2 N–H and O–H groups in total. The van der Waals surface area contributed by atoms with Crippen LogP contribution in [0.5, 0.6) is 0 Å². The summed E-state index contributed by atoms with van der Waals surface area (Å²) in [6.45, 7) is 4.22. The third-order valence-electron chi connectivity index (χ3n) is 1.99. The van der Waals surface area contributed by atoms with Gasteiger partial charge in [0, 0.05) is 0 Å². The van der Waals surface area contributed by atoms with Crippen molar-refractivity contribution < 1.29 is 9.21 Å². The normalized spacial score (nSPS) is 11.8. The van der Waals surface area contributed by atoms with Crippen LogP contribution in [0, 0.1) is 19.3 Å². The lowest BCUT2D eigenvalue weighted by molar-refractivity contribution is -0.122. The molecule has 1 heterocycles. The van der Waals surface area contributed by atoms with Gasteiger partial charge in [0.15, 0.2) is 0 Å². The number of hydrogen-bond donors (Lipinski definition) is 2. The van der Waals surface area contributed by atoms with E-state index in [-0.39, 0.29) is 18.5 Å². The number of nitrogens with one attached hydrogen (secondary N) is 2. The van der Waals surface area contributed by atoms with Gasteiger partial charge in [-0.1, -0.05) is 5.92 Å². The molecule has 1 rings (SSSR count). The van der Waals surface area contributed by atoms with Crippen molar-refractivity contribution in [2.24, 2.45) is 0 Å². The van der Waals surface area contributed by atoms with E-state index in [1.807, 2.05) is 6.92 Å². The quantitative estimate of drug-likeness (QED) is 0.697. The zero-order valence-electron chi connectivity index (χ0n) is 9.41. The van der Waals surface area contributed by atoms with Gasteiger partial charge >= 0.3 is 0 Å². The Morgan fingerprint density at radius 3 is 3.06 bits per heavy atom.